The zero-order chi connectivity index (χ0) is 15.4. The molecule has 0 amide bonds. The first kappa shape index (κ1) is 15.8. The number of carbonyl (C=O) groups excluding carboxylic acids is 1. The number of hydrogen-bond acceptors (Lipinski definition) is 6. The summed E-state index contributed by atoms with van der Waals surface area (Å²) >= 11 is 6.15. The molecule has 116 valence electrons. The molecule has 1 aromatic heterocycles. The van der Waals surface area contributed by atoms with Crippen molar-refractivity contribution in [1.82, 2.24) is 14.7 Å². The van der Waals surface area contributed by atoms with Gasteiger partial charge in [0.1, 0.15) is 11.6 Å². The Balaban J connectivity index is 2.17. The molecule has 0 bridgehead atoms. The van der Waals surface area contributed by atoms with E-state index in [1.807, 2.05) is 4.90 Å². The normalized spacial score (nSPS) is 16.0. The van der Waals surface area contributed by atoms with E-state index in [2.05, 4.69) is 17.0 Å². The van der Waals surface area contributed by atoms with Gasteiger partial charge in [-0.25, -0.2) is 4.68 Å². The molecule has 0 radical (unpaired) electrons. The van der Waals surface area contributed by atoms with Crippen molar-refractivity contribution >= 4 is 23.3 Å². The molecule has 0 saturated carbocycles. The highest BCUT2D eigenvalue weighted by atomic mass is 35.5. The summed E-state index contributed by atoms with van der Waals surface area (Å²) in [5.74, 6) is -0.504. The molecule has 1 aromatic rings. The van der Waals surface area contributed by atoms with Gasteiger partial charge in [0.05, 0.1) is 18.5 Å². The molecule has 2 heterocycles. The minimum absolute atomic E-state index is 0.0962. The predicted octanol–water partition coefficient (Wildman–Crippen LogP) is 0.212. The van der Waals surface area contributed by atoms with Crippen molar-refractivity contribution in [3.63, 3.8) is 0 Å². The minimum atomic E-state index is -0.504. The molecule has 0 aliphatic carbocycles. The zero-order valence-electron chi connectivity index (χ0n) is 12.2. The molecule has 0 unspecified atom stereocenters. The van der Waals surface area contributed by atoms with Gasteiger partial charge >= 0.3 is 5.97 Å². The lowest BCUT2D eigenvalue weighted by Gasteiger charge is -2.34. The van der Waals surface area contributed by atoms with Crippen LogP contribution in [-0.4, -0.2) is 60.5 Å². The fourth-order valence-corrected chi connectivity index (χ4v) is 2.43. The van der Waals surface area contributed by atoms with Gasteiger partial charge in [-0.15, -0.1) is 0 Å². The molecule has 1 saturated heterocycles. The van der Waals surface area contributed by atoms with E-state index in [-0.39, 0.29) is 18.2 Å². The second-order valence-corrected chi connectivity index (χ2v) is 5.28. The van der Waals surface area contributed by atoms with Gasteiger partial charge in [0.15, 0.2) is 0 Å². The predicted molar refractivity (Wildman–Crippen MR) is 79.9 cm³/mol. The lowest BCUT2D eigenvalue weighted by molar-refractivity contribution is -0.144. The van der Waals surface area contributed by atoms with Gasteiger partial charge in [-0.3, -0.25) is 9.59 Å². The first-order chi connectivity index (χ1) is 10.0. The van der Waals surface area contributed by atoms with E-state index in [4.69, 9.17) is 16.3 Å². The molecule has 8 heteroatoms. The topological polar surface area (TPSA) is 67.7 Å². The van der Waals surface area contributed by atoms with Gasteiger partial charge < -0.3 is 14.5 Å². The maximum atomic E-state index is 12.2. The van der Waals surface area contributed by atoms with E-state index in [1.54, 1.807) is 6.92 Å². The summed E-state index contributed by atoms with van der Waals surface area (Å²) in [6.45, 7) is 5.14. The Hall–Kier alpha value is -1.60. The van der Waals surface area contributed by atoms with Crippen LogP contribution < -0.4 is 10.5 Å². The Kier molecular flexibility index (Phi) is 5.19. The number of rotatable bonds is 4. The molecule has 0 atom stereocenters. The third-order valence-corrected chi connectivity index (χ3v) is 3.75. The van der Waals surface area contributed by atoms with Gasteiger partial charge in [0.2, 0.25) is 0 Å². The average molecular weight is 315 g/mol. The van der Waals surface area contributed by atoms with Crippen LogP contribution in [0.3, 0.4) is 0 Å². The molecule has 1 aliphatic heterocycles. The monoisotopic (exact) mass is 314 g/mol. The third-order valence-electron chi connectivity index (χ3n) is 3.39. The van der Waals surface area contributed by atoms with Crippen LogP contribution in [0, 0.1) is 0 Å². The van der Waals surface area contributed by atoms with E-state index in [0.29, 0.717) is 5.69 Å². The fraction of sp³-hybridized carbons (Fsp3) is 0.615. The second-order valence-electron chi connectivity index (χ2n) is 4.90. The molecule has 7 nitrogen and oxygen atoms in total. The van der Waals surface area contributed by atoms with Crippen LogP contribution in [0.5, 0.6) is 0 Å². The minimum Gasteiger partial charge on any atom is -0.465 e. The van der Waals surface area contributed by atoms with E-state index < -0.39 is 11.5 Å². The van der Waals surface area contributed by atoms with Crippen LogP contribution >= 0.6 is 11.6 Å². The molecule has 1 aliphatic rings. The second kappa shape index (κ2) is 6.91. The molecule has 21 heavy (non-hydrogen) atoms. The largest absolute Gasteiger partial charge is 0.465 e. The first-order valence-corrected chi connectivity index (χ1v) is 7.25. The van der Waals surface area contributed by atoms with E-state index in [9.17, 15) is 9.59 Å². The molecular formula is C13H19ClN4O3. The molecular weight excluding hydrogens is 296 g/mol. The van der Waals surface area contributed by atoms with Crippen molar-refractivity contribution in [2.45, 2.75) is 13.5 Å². The van der Waals surface area contributed by atoms with Crippen LogP contribution in [0.15, 0.2) is 11.0 Å². The van der Waals surface area contributed by atoms with Crippen molar-refractivity contribution in [1.29, 1.82) is 0 Å². The van der Waals surface area contributed by atoms with Crippen molar-refractivity contribution in [3.8, 4) is 0 Å². The van der Waals surface area contributed by atoms with Crippen molar-refractivity contribution in [3.05, 3.63) is 21.6 Å². The Morgan fingerprint density at radius 2 is 2.05 bits per heavy atom. The van der Waals surface area contributed by atoms with Gasteiger partial charge in [-0.2, -0.15) is 5.10 Å². The Bertz CT molecular complexity index is 567. The highest BCUT2D eigenvalue weighted by molar-refractivity contribution is 6.33. The van der Waals surface area contributed by atoms with Gasteiger partial charge in [-0.05, 0) is 14.0 Å². The van der Waals surface area contributed by atoms with Crippen molar-refractivity contribution in [2.24, 2.45) is 0 Å². The Morgan fingerprint density at radius 1 is 1.38 bits per heavy atom. The van der Waals surface area contributed by atoms with Gasteiger partial charge in [-0.1, -0.05) is 11.6 Å². The number of esters is 1. The molecule has 1 fully saturated rings. The highest BCUT2D eigenvalue weighted by Crippen LogP contribution is 2.21. The molecule has 0 spiro atoms. The highest BCUT2D eigenvalue weighted by Gasteiger charge is 2.20. The van der Waals surface area contributed by atoms with Gasteiger partial charge in [0, 0.05) is 26.2 Å². The lowest BCUT2D eigenvalue weighted by Crippen LogP contribution is -2.45. The van der Waals surface area contributed by atoms with E-state index in [0.717, 1.165) is 30.9 Å². The van der Waals surface area contributed by atoms with Crippen molar-refractivity contribution in [2.75, 3.05) is 44.7 Å². The number of aromatic nitrogens is 2. The summed E-state index contributed by atoms with van der Waals surface area (Å²) in [4.78, 5) is 27.8. The lowest BCUT2D eigenvalue weighted by atomic mass is 10.3. The van der Waals surface area contributed by atoms with E-state index >= 15 is 0 Å². The van der Waals surface area contributed by atoms with Crippen LogP contribution in [0.1, 0.15) is 6.92 Å². The maximum Gasteiger partial charge on any atom is 0.327 e. The number of hydrogen-bond donors (Lipinski definition) is 0. The molecule has 0 N–H and O–H groups in total. The number of likely N-dealkylation sites (N-methyl/N-ethyl adjacent to an activating group) is 1. The number of piperazine rings is 1. The molecule has 2 rings (SSSR count). The number of anilines is 1. The number of ether oxygens (including phenoxy) is 1. The van der Waals surface area contributed by atoms with Crippen molar-refractivity contribution < 1.29 is 9.53 Å². The standard InChI is InChI=1S/C13H19ClN4O3/c1-3-21-11(19)9-18-13(20)12(14)10(8-15-18)17-6-4-16(2)5-7-17/h8H,3-7,9H2,1-2H3. The Labute approximate surface area is 128 Å². The summed E-state index contributed by atoms with van der Waals surface area (Å²) in [5.41, 5.74) is 0.149. The smallest absolute Gasteiger partial charge is 0.327 e. The number of halogens is 1. The summed E-state index contributed by atoms with van der Waals surface area (Å²) in [7, 11) is 2.05. The van der Waals surface area contributed by atoms with Crippen LogP contribution in [0.2, 0.25) is 5.02 Å². The summed E-state index contributed by atoms with van der Waals surface area (Å²) in [6, 6.07) is 0. The fourth-order valence-electron chi connectivity index (χ4n) is 2.17. The van der Waals surface area contributed by atoms with Crippen LogP contribution in [0.25, 0.3) is 0 Å². The Morgan fingerprint density at radius 3 is 2.67 bits per heavy atom. The summed E-state index contributed by atoms with van der Waals surface area (Å²) < 4.78 is 5.83. The van der Waals surface area contributed by atoms with Crippen LogP contribution in [-0.2, 0) is 16.1 Å². The number of carbonyl (C=O) groups is 1. The third kappa shape index (κ3) is 3.74. The number of nitrogens with zero attached hydrogens (tertiary/aromatic N) is 4. The maximum absolute atomic E-state index is 12.2. The van der Waals surface area contributed by atoms with Crippen LogP contribution in [0.4, 0.5) is 5.69 Å². The summed E-state index contributed by atoms with van der Waals surface area (Å²) in [5, 5.41) is 4.12. The van der Waals surface area contributed by atoms with E-state index in [1.165, 1.54) is 6.20 Å². The summed E-state index contributed by atoms with van der Waals surface area (Å²) in [6.07, 6.45) is 1.54. The quantitative estimate of drug-likeness (QED) is 0.740. The first-order valence-electron chi connectivity index (χ1n) is 6.87. The van der Waals surface area contributed by atoms with Gasteiger partial charge in [0.25, 0.3) is 5.56 Å². The average Bonchev–Trinajstić information content (AvgIpc) is 2.46. The molecule has 0 aromatic carbocycles. The zero-order valence-corrected chi connectivity index (χ0v) is 13.0. The SMILES string of the molecule is CCOC(=O)Cn1ncc(N2CCN(C)CC2)c(Cl)c1=O.